The smallest absolute Gasteiger partial charge is 0.238 e. The third-order valence-corrected chi connectivity index (χ3v) is 2.63. The van der Waals surface area contributed by atoms with Crippen molar-refractivity contribution in [3.05, 3.63) is 28.9 Å². The lowest BCUT2D eigenvalue weighted by Crippen LogP contribution is -2.19. The van der Waals surface area contributed by atoms with E-state index in [2.05, 4.69) is 36.0 Å². The van der Waals surface area contributed by atoms with E-state index < -0.39 is 0 Å². The third-order valence-electron chi connectivity index (χ3n) is 2.09. The molecule has 2 aromatic heterocycles. The van der Waals surface area contributed by atoms with Crippen molar-refractivity contribution >= 4 is 21.8 Å². The number of nitrogens with two attached hydrogens (primary N) is 1. The minimum absolute atomic E-state index is 0.134. The van der Waals surface area contributed by atoms with Crippen LogP contribution in [0.5, 0.6) is 5.88 Å². The van der Waals surface area contributed by atoms with Crippen molar-refractivity contribution in [2.24, 2.45) is 10.9 Å². The van der Waals surface area contributed by atoms with Crippen LogP contribution < -0.4 is 10.5 Å². The van der Waals surface area contributed by atoms with Crippen LogP contribution in [0.2, 0.25) is 0 Å². The van der Waals surface area contributed by atoms with Gasteiger partial charge < -0.3 is 15.7 Å². The van der Waals surface area contributed by atoms with E-state index in [0.29, 0.717) is 16.3 Å². The molecule has 0 saturated carbocycles. The van der Waals surface area contributed by atoms with Gasteiger partial charge in [0.25, 0.3) is 0 Å². The molecule has 0 unspecified atom stereocenters. The van der Waals surface area contributed by atoms with Gasteiger partial charge in [-0.3, -0.25) is 4.57 Å². The van der Waals surface area contributed by atoms with Crippen LogP contribution in [0.25, 0.3) is 5.95 Å². The monoisotopic (exact) mass is 312 g/mol. The Bertz CT molecular complexity index is 596. The topological polar surface area (TPSA) is 111 Å². The van der Waals surface area contributed by atoms with Gasteiger partial charge in [0.05, 0.1) is 17.8 Å². The highest BCUT2D eigenvalue weighted by Gasteiger charge is 2.13. The molecule has 0 fully saturated rings. The molecule has 0 aliphatic rings. The lowest BCUT2D eigenvalue weighted by Gasteiger charge is -2.07. The fourth-order valence-electron chi connectivity index (χ4n) is 1.30. The first-order chi connectivity index (χ1) is 8.67. The van der Waals surface area contributed by atoms with Crippen molar-refractivity contribution in [1.82, 2.24) is 19.5 Å². The summed E-state index contributed by atoms with van der Waals surface area (Å²) in [6.07, 6.45) is 4.62. The number of imidazole rings is 1. The van der Waals surface area contributed by atoms with Crippen molar-refractivity contribution in [3.63, 3.8) is 0 Å². The summed E-state index contributed by atoms with van der Waals surface area (Å²) in [6.45, 7) is 0. The highest BCUT2D eigenvalue weighted by Crippen LogP contribution is 2.21. The van der Waals surface area contributed by atoms with Gasteiger partial charge in [0.15, 0.2) is 5.82 Å². The van der Waals surface area contributed by atoms with Gasteiger partial charge in [-0.05, 0) is 15.9 Å². The molecule has 0 amide bonds. The quantitative estimate of drug-likeness (QED) is 0.370. The minimum atomic E-state index is -0.134. The van der Waals surface area contributed by atoms with E-state index in [1.165, 1.54) is 24.1 Å². The van der Waals surface area contributed by atoms with Crippen molar-refractivity contribution in [2.45, 2.75) is 0 Å². The standard InChI is InChI=1S/C9H9BrN6O2/c1-18-8-5(10)4-13-9(14-8)16-3-2-12-7(16)6(11)15-17/h2-4,17H,1H3,(H2,11,15). The lowest BCUT2D eigenvalue weighted by atomic mass is 10.5. The average molecular weight is 313 g/mol. The molecule has 0 aromatic carbocycles. The van der Waals surface area contributed by atoms with Crippen LogP contribution in [0.1, 0.15) is 5.82 Å². The summed E-state index contributed by atoms with van der Waals surface area (Å²) in [7, 11) is 1.50. The highest BCUT2D eigenvalue weighted by molar-refractivity contribution is 9.10. The minimum Gasteiger partial charge on any atom is -0.480 e. The maximum Gasteiger partial charge on any atom is 0.238 e. The Morgan fingerprint density at radius 2 is 2.33 bits per heavy atom. The maximum atomic E-state index is 8.66. The van der Waals surface area contributed by atoms with Gasteiger partial charge in [0, 0.05) is 12.4 Å². The first kappa shape index (κ1) is 12.3. The first-order valence-corrected chi connectivity index (χ1v) is 5.54. The van der Waals surface area contributed by atoms with Crippen LogP contribution in [0.15, 0.2) is 28.2 Å². The molecule has 0 saturated heterocycles. The molecule has 3 N–H and O–H groups in total. The zero-order chi connectivity index (χ0) is 13.1. The Morgan fingerprint density at radius 3 is 3.00 bits per heavy atom. The molecule has 9 heteroatoms. The van der Waals surface area contributed by atoms with Crippen molar-refractivity contribution in [2.75, 3.05) is 7.11 Å². The van der Waals surface area contributed by atoms with Crippen molar-refractivity contribution in [1.29, 1.82) is 0 Å². The lowest BCUT2D eigenvalue weighted by molar-refractivity contribution is 0.318. The van der Waals surface area contributed by atoms with Crippen LogP contribution >= 0.6 is 15.9 Å². The summed E-state index contributed by atoms with van der Waals surface area (Å²) in [5.41, 5.74) is 5.50. The van der Waals surface area contributed by atoms with Crippen molar-refractivity contribution < 1.29 is 9.94 Å². The summed E-state index contributed by atoms with van der Waals surface area (Å²) in [4.78, 5) is 12.2. The van der Waals surface area contributed by atoms with Gasteiger partial charge in [-0.15, -0.1) is 0 Å². The van der Waals surface area contributed by atoms with Crippen LogP contribution in [0.3, 0.4) is 0 Å². The number of hydrogen-bond acceptors (Lipinski definition) is 6. The molecule has 18 heavy (non-hydrogen) atoms. The highest BCUT2D eigenvalue weighted by atomic mass is 79.9. The normalized spacial score (nSPS) is 11.6. The average Bonchev–Trinajstić information content (AvgIpc) is 2.87. The third kappa shape index (κ3) is 2.12. The number of hydrogen-bond donors (Lipinski definition) is 2. The molecule has 8 nitrogen and oxygen atoms in total. The molecule has 0 aliphatic heterocycles. The number of aromatic nitrogens is 4. The number of amidine groups is 1. The molecule has 0 atom stereocenters. The number of halogens is 1. The molecule has 0 radical (unpaired) electrons. The van der Waals surface area contributed by atoms with E-state index in [1.54, 1.807) is 6.20 Å². The Labute approximate surface area is 110 Å². The van der Waals surface area contributed by atoms with Crippen LogP contribution in [-0.2, 0) is 0 Å². The van der Waals surface area contributed by atoms with Gasteiger partial charge in [0.2, 0.25) is 17.7 Å². The maximum absolute atomic E-state index is 8.66. The number of rotatable bonds is 3. The number of nitrogens with zero attached hydrogens (tertiary/aromatic N) is 5. The Hall–Kier alpha value is -2.16. The second kappa shape index (κ2) is 5.00. The van der Waals surface area contributed by atoms with Crippen LogP contribution in [0.4, 0.5) is 0 Å². The summed E-state index contributed by atoms with van der Waals surface area (Å²) in [5.74, 6) is 0.778. The van der Waals surface area contributed by atoms with Crippen LogP contribution in [0, 0.1) is 0 Å². The molecular formula is C9H9BrN6O2. The largest absolute Gasteiger partial charge is 0.480 e. The zero-order valence-electron chi connectivity index (χ0n) is 9.28. The molecule has 0 spiro atoms. The summed E-state index contributed by atoms with van der Waals surface area (Å²) < 4.78 is 7.17. The SMILES string of the molecule is COc1nc(-n2ccnc2/C(N)=N/O)ncc1Br. The first-order valence-electron chi connectivity index (χ1n) is 4.75. The molecule has 2 aromatic rings. The predicted octanol–water partition coefficient (Wildman–Crippen LogP) is 0.528. The fraction of sp³-hybridized carbons (Fsp3) is 0.111. The predicted molar refractivity (Wildman–Crippen MR) is 65.9 cm³/mol. The van der Waals surface area contributed by atoms with E-state index >= 15 is 0 Å². The summed E-state index contributed by atoms with van der Waals surface area (Å²) >= 11 is 3.25. The van der Waals surface area contributed by atoms with Crippen molar-refractivity contribution in [3.8, 4) is 11.8 Å². The molecule has 0 aliphatic carbocycles. The number of ether oxygens (including phenoxy) is 1. The van der Waals surface area contributed by atoms with Gasteiger partial charge in [-0.1, -0.05) is 5.16 Å². The molecule has 2 heterocycles. The van der Waals surface area contributed by atoms with Gasteiger partial charge in [-0.25, -0.2) is 9.97 Å². The molecule has 0 bridgehead atoms. The number of oxime groups is 1. The zero-order valence-corrected chi connectivity index (χ0v) is 10.9. The summed E-state index contributed by atoms with van der Waals surface area (Å²) in [6, 6.07) is 0. The Kier molecular flexibility index (Phi) is 3.42. The van der Waals surface area contributed by atoms with Gasteiger partial charge in [-0.2, -0.15) is 4.98 Å². The summed E-state index contributed by atoms with van der Waals surface area (Å²) in [5, 5.41) is 11.6. The van der Waals surface area contributed by atoms with Gasteiger partial charge >= 0.3 is 0 Å². The molecular weight excluding hydrogens is 304 g/mol. The molecule has 94 valence electrons. The fourth-order valence-corrected chi connectivity index (χ4v) is 1.65. The van der Waals surface area contributed by atoms with E-state index in [0.717, 1.165) is 0 Å². The van der Waals surface area contributed by atoms with E-state index in [4.69, 9.17) is 15.7 Å². The van der Waals surface area contributed by atoms with Gasteiger partial charge in [0.1, 0.15) is 0 Å². The Morgan fingerprint density at radius 1 is 1.56 bits per heavy atom. The Balaban J connectivity index is 2.53. The second-order valence-electron chi connectivity index (χ2n) is 3.13. The second-order valence-corrected chi connectivity index (χ2v) is 3.99. The van der Waals surface area contributed by atoms with E-state index in [9.17, 15) is 0 Å². The van der Waals surface area contributed by atoms with E-state index in [1.807, 2.05) is 0 Å². The van der Waals surface area contributed by atoms with Crippen LogP contribution in [-0.4, -0.2) is 37.7 Å². The van der Waals surface area contributed by atoms with E-state index in [-0.39, 0.29) is 11.7 Å². The number of methoxy groups -OCH3 is 1. The molecule has 2 rings (SSSR count).